The molecule has 1 amide bonds. The molecule has 1 aliphatic rings. The SMILES string of the molecule is CCCCNC(=O)C(O)CCCc1ccc2c(c1)OCO2. The van der Waals surface area contributed by atoms with Gasteiger partial charge in [-0.3, -0.25) is 4.79 Å². The minimum Gasteiger partial charge on any atom is -0.454 e. The Hall–Kier alpha value is -1.75. The molecule has 0 aliphatic carbocycles. The Labute approximate surface area is 125 Å². The van der Waals surface area contributed by atoms with Gasteiger partial charge in [0.1, 0.15) is 6.10 Å². The molecule has 1 aliphatic heterocycles. The monoisotopic (exact) mass is 293 g/mol. The number of amides is 1. The van der Waals surface area contributed by atoms with E-state index in [4.69, 9.17) is 9.47 Å². The molecule has 2 N–H and O–H groups in total. The van der Waals surface area contributed by atoms with Crippen LogP contribution >= 0.6 is 0 Å². The molecule has 1 atom stereocenters. The molecule has 0 radical (unpaired) electrons. The van der Waals surface area contributed by atoms with E-state index in [2.05, 4.69) is 12.2 Å². The third kappa shape index (κ3) is 4.63. The predicted octanol–water partition coefficient (Wildman–Crippen LogP) is 2.02. The van der Waals surface area contributed by atoms with Crippen molar-refractivity contribution in [2.75, 3.05) is 13.3 Å². The maximum atomic E-state index is 11.6. The van der Waals surface area contributed by atoms with E-state index in [1.807, 2.05) is 18.2 Å². The summed E-state index contributed by atoms with van der Waals surface area (Å²) in [6.45, 7) is 2.97. The molecule has 5 heteroatoms. The van der Waals surface area contributed by atoms with Gasteiger partial charge in [0.2, 0.25) is 12.7 Å². The number of rotatable bonds is 8. The molecule has 0 aromatic heterocycles. The number of unbranched alkanes of at least 4 members (excludes halogenated alkanes) is 1. The van der Waals surface area contributed by atoms with E-state index in [0.29, 0.717) is 13.0 Å². The molecule has 0 saturated heterocycles. The van der Waals surface area contributed by atoms with Gasteiger partial charge in [-0.15, -0.1) is 0 Å². The summed E-state index contributed by atoms with van der Waals surface area (Å²) in [5.74, 6) is 1.27. The van der Waals surface area contributed by atoms with E-state index in [-0.39, 0.29) is 12.7 Å². The van der Waals surface area contributed by atoms with Crippen LogP contribution in [0.2, 0.25) is 0 Å². The molecule has 0 saturated carbocycles. The number of aliphatic hydroxyl groups excluding tert-OH is 1. The standard InChI is InChI=1S/C16H23NO4/c1-2-3-9-17-16(19)13(18)6-4-5-12-7-8-14-15(10-12)21-11-20-14/h7-8,10,13,18H,2-6,9,11H2,1H3,(H,17,19). The van der Waals surface area contributed by atoms with Crippen LogP contribution in [-0.4, -0.2) is 30.5 Å². The normalized spacial score (nSPS) is 14.0. The van der Waals surface area contributed by atoms with Crippen molar-refractivity contribution in [3.05, 3.63) is 23.8 Å². The molecule has 0 fully saturated rings. The van der Waals surface area contributed by atoms with E-state index < -0.39 is 6.10 Å². The average Bonchev–Trinajstić information content (AvgIpc) is 2.94. The molecule has 0 bridgehead atoms. The molecular formula is C16H23NO4. The molecule has 116 valence electrons. The van der Waals surface area contributed by atoms with E-state index >= 15 is 0 Å². The summed E-state index contributed by atoms with van der Waals surface area (Å²) in [5.41, 5.74) is 1.12. The second-order valence-corrected chi connectivity index (χ2v) is 5.24. The lowest BCUT2D eigenvalue weighted by Gasteiger charge is -2.11. The first-order valence-electron chi connectivity index (χ1n) is 7.55. The minimum absolute atomic E-state index is 0.269. The van der Waals surface area contributed by atoms with Crippen molar-refractivity contribution >= 4 is 5.91 Å². The first-order valence-corrected chi connectivity index (χ1v) is 7.55. The van der Waals surface area contributed by atoms with Gasteiger partial charge in [-0.25, -0.2) is 0 Å². The summed E-state index contributed by atoms with van der Waals surface area (Å²) in [4.78, 5) is 11.6. The van der Waals surface area contributed by atoms with Crippen molar-refractivity contribution in [3.8, 4) is 11.5 Å². The van der Waals surface area contributed by atoms with Crippen molar-refractivity contribution in [2.45, 2.75) is 45.1 Å². The fourth-order valence-corrected chi connectivity index (χ4v) is 2.23. The van der Waals surface area contributed by atoms with Crippen molar-refractivity contribution in [2.24, 2.45) is 0 Å². The number of ether oxygens (including phenoxy) is 2. The number of nitrogens with one attached hydrogen (secondary N) is 1. The Kier molecular flexibility index (Phi) is 5.87. The quantitative estimate of drug-likeness (QED) is 0.720. The Bertz CT molecular complexity index is 475. The Balaban J connectivity index is 1.70. The van der Waals surface area contributed by atoms with Gasteiger partial charge in [0.05, 0.1) is 0 Å². The lowest BCUT2D eigenvalue weighted by molar-refractivity contribution is -0.129. The smallest absolute Gasteiger partial charge is 0.248 e. The van der Waals surface area contributed by atoms with Crippen LogP contribution in [0.1, 0.15) is 38.2 Å². The van der Waals surface area contributed by atoms with Gasteiger partial charge in [0.15, 0.2) is 11.5 Å². The van der Waals surface area contributed by atoms with Crippen LogP contribution in [0.3, 0.4) is 0 Å². The number of carbonyl (C=O) groups excluding carboxylic acids is 1. The summed E-state index contributed by atoms with van der Waals surface area (Å²) in [6.07, 6.45) is 3.07. The zero-order chi connectivity index (χ0) is 15.1. The van der Waals surface area contributed by atoms with Crippen LogP contribution in [0.15, 0.2) is 18.2 Å². The van der Waals surface area contributed by atoms with Gasteiger partial charge in [-0.2, -0.15) is 0 Å². The molecular weight excluding hydrogens is 270 g/mol. The van der Waals surface area contributed by atoms with Crippen molar-refractivity contribution in [1.82, 2.24) is 5.32 Å². The topological polar surface area (TPSA) is 67.8 Å². The number of aryl methyl sites for hydroxylation is 1. The largest absolute Gasteiger partial charge is 0.454 e. The third-order valence-electron chi connectivity index (χ3n) is 3.51. The molecule has 2 rings (SSSR count). The van der Waals surface area contributed by atoms with Crippen LogP contribution < -0.4 is 14.8 Å². The highest BCUT2D eigenvalue weighted by molar-refractivity contribution is 5.80. The summed E-state index contributed by atoms with van der Waals surface area (Å²) in [6, 6.07) is 5.84. The van der Waals surface area contributed by atoms with Crippen LogP contribution in [0.25, 0.3) is 0 Å². The molecule has 21 heavy (non-hydrogen) atoms. The molecule has 1 aromatic carbocycles. The van der Waals surface area contributed by atoms with Gasteiger partial charge in [0, 0.05) is 6.54 Å². The molecule has 1 aromatic rings. The molecule has 1 unspecified atom stereocenters. The molecule has 0 spiro atoms. The highest BCUT2D eigenvalue weighted by atomic mass is 16.7. The van der Waals surface area contributed by atoms with Gasteiger partial charge >= 0.3 is 0 Å². The van der Waals surface area contributed by atoms with Crippen molar-refractivity contribution in [1.29, 1.82) is 0 Å². The average molecular weight is 293 g/mol. The third-order valence-corrected chi connectivity index (χ3v) is 3.51. The first-order chi connectivity index (χ1) is 10.2. The maximum absolute atomic E-state index is 11.6. The number of hydrogen-bond donors (Lipinski definition) is 2. The van der Waals surface area contributed by atoms with Crippen LogP contribution in [0.5, 0.6) is 11.5 Å². The highest BCUT2D eigenvalue weighted by Gasteiger charge is 2.15. The Morgan fingerprint density at radius 1 is 1.33 bits per heavy atom. The summed E-state index contributed by atoms with van der Waals surface area (Å²) in [5, 5.41) is 12.5. The predicted molar refractivity (Wildman–Crippen MR) is 79.4 cm³/mol. The number of fused-ring (bicyclic) bond motifs is 1. The summed E-state index contributed by atoms with van der Waals surface area (Å²) < 4.78 is 10.6. The van der Waals surface area contributed by atoms with Crippen molar-refractivity contribution < 1.29 is 19.4 Å². The maximum Gasteiger partial charge on any atom is 0.248 e. The lowest BCUT2D eigenvalue weighted by Crippen LogP contribution is -2.35. The summed E-state index contributed by atoms with van der Waals surface area (Å²) in [7, 11) is 0. The fourth-order valence-electron chi connectivity index (χ4n) is 2.23. The second-order valence-electron chi connectivity index (χ2n) is 5.24. The van der Waals surface area contributed by atoms with Gasteiger partial charge < -0.3 is 19.9 Å². The number of carbonyl (C=O) groups is 1. The fraction of sp³-hybridized carbons (Fsp3) is 0.562. The van der Waals surface area contributed by atoms with Crippen LogP contribution in [0, 0.1) is 0 Å². The zero-order valence-corrected chi connectivity index (χ0v) is 12.4. The minimum atomic E-state index is -0.920. The molecule has 1 heterocycles. The van der Waals surface area contributed by atoms with E-state index in [1.54, 1.807) is 0 Å². The first kappa shape index (κ1) is 15.6. The lowest BCUT2D eigenvalue weighted by atomic mass is 10.0. The molecule has 5 nitrogen and oxygen atoms in total. The van der Waals surface area contributed by atoms with Crippen molar-refractivity contribution in [3.63, 3.8) is 0 Å². The number of hydrogen-bond acceptors (Lipinski definition) is 4. The second kappa shape index (κ2) is 7.88. The van der Waals surface area contributed by atoms with Gasteiger partial charge in [-0.05, 0) is 43.4 Å². The number of benzene rings is 1. The summed E-state index contributed by atoms with van der Waals surface area (Å²) >= 11 is 0. The van der Waals surface area contributed by atoms with Gasteiger partial charge in [-0.1, -0.05) is 19.4 Å². The Morgan fingerprint density at radius 3 is 2.95 bits per heavy atom. The van der Waals surface area contributed by atoms with Crippen LogP contribution in [-0.2, 0) is 11.2 Å². The van der Waals surface area contributed by atoms with Gasteiger partial charge in [0.25, 0.3) is 0 Å². The Morgan fingerprint density at radius 2 is 2.14 bits per heavy atom. The highest BCUT2D eigenvalue weighted by Crippen LogP contribution is 2.32. The number of aliphatic hydroxyl groups is 1. The van der Waals surface area contributed by atoms with E-state index in [1.165, 1.54) is 0 Å². The van der Waals surface area contributed by atoms with E-state index in [9.17, 15) is 9.90 Å². The van der Waals surface area contributed by atoms with E-state index in [0.717, 1.165) is 42.7 Å². The van der Waals surface area contributed by atoms with Crippen LogP contribution in [0.4, 0.5) is 0 Å². The zero-order valence-electron chi connectivity index (χ0n) is 12.4.